The summed E-state index contributed by atoms with van der Waals surface area (Å²) in [4.78, 5) is 26.5. The van der Waals surface area contributed by atoms with Gasteiger partial charge in [-0.25, -0.2) is 4.79 Å². The van der Waals surface area contributed by atoms with Crippen molar-refractivity contribution in [2.75, 3.05) is 4.90 Å². The Bertz CT molecular complexity index is 1570. The molecule has 0 saturated carbocycles. The maximum atomic E-state index is 13.5. The molecule has 0 spiro atoms. The van der Waals surface area contributed by atoms with Crippen LogP contribution in [0.25, 0.3) is 23.1 Å². The summed E-state index contributed by atoms with van der Waals surface area (Å²) in [6.07, 6.45) is 3.33. The number of nitrogens with zero attached hydrogens (tertiary/aromatic N) is 1. The molecule has 0 fully saturated rings. The third-order valence-electron chi connectivity index (χ3n) is 5.65. The minimum absolute atomic E-state index is 0.303. The molecule has 1 amide bonds. The fourth-order valence-electron chi connectivity index (χ4n) is 3.92. The molecule has 2 heterocycles. The predicted octanol–water partition coefficient (Wildman–Crippen LogP) is 7.13. The van der Waals surface area contributed by atoms with Crippen molar-refractivity contribution in [3.63, 3.8) is 0 Å². The minimum atomic E-state index is -1.30. The molecule has 8 heteroatoms. The van der Waals surface area contributed by atoms with Crippen LogP contribution >= 0.6 is 23.2 Å². The Hall–Kier alpha value is -4.26. The number of hydrogen-bond donors (Lipinski definition) is 2. The summed E-state index contributed by atoms with van der Waals surface area (Å²) < 4.78 is 5.93. The Morgan fingerprint density at radius 1 is 0.889 bits per heavy atom. The first-order chi connectivity index (χ1) is 17.3. The molecule has 0 aliphatic carbocycles. The Balaban J connectivity index is 1.56. The molecule has 0 radical (unpaired) electrons. The lowest BCUT2D eigenvalue weighted by Crippen LogP contribution is -2.25. The lowest BCUT2D eigenvalue weighted by Gasteiger charge is -2.21. The zero-order valence-corrected chi connectivity index (χ0v) is 20.0. The van der Waals surface area contributed by atoms with Gasteiger partial charge in [-0.3, -0.25) is 9.69 Å². The van der Waals surface area contributed by atoms with Crippen LogP contribution in [-0.2, 0) is 4.79 Å². The van der Waals surface area contributed by atoms with Crippen molar-refractivity contribution in [1.29, 1.82) is 0 Å². The van der Waals surface area contributed by atoms with Gasteiger partial charge in [0.15, 0.2) is 0 Å². The van der Waals surface area contributed by atoms with Crippen LogP contribution in [0.2, 0.25) is 10.0 Å². The van der Waals surface area contributed by atoms with Gasteiger partial charge in [-0.05, 0) is 66.2 Å². The molecule has 4 aromatic rings. The number of amides is 1. The van der Waals surface area contributed by atoms with Crippen molar-refractivity contribution in [3.8, 4) is 17.1 Å². The molecule has 0 bridgehead atoms. The Morgan fingerprint density at radius 3 is 2.39 bits per heavy atom. The molecule has 178 valence electrons. The van der Waals surface area contributed by atoms with E-state index in [0.717, 1.165) is 11.1 Å². The van der Waals surface area contributed by atoms with Crippen LogP contribution < -0.4 is 4.90 Å². The van der Waals surface area contributed by atoms with E-state index in [1.807, 2.05) is 30.3 Å². The van der Waals surface area contributed by atoms with Gasteiger partial charge in [0.1, 0.15) is 22.8 Å². The monoisotopic (exact) mass is 517 g/mol. The summed E-state index contributed by atoms with van der Waals surface area (Å²) in [5, 5.41) is 20.2. The summed E-state index contributed by atoms with van der Waals surface area (Å²) in [6.45, 7) is 0. The maximum Gasteiger partial charge on any atom is 0.339 e. The Labute approximate surface area is 215 Å². The van der Waals surface area contributed by atoms with Gasteiger partial charge in [-0.2, -0.15) is 0 Å². The smallest absolute Gasteiger partial charge is 0.339 e. The highest BCUT2D eigenvalue weighted by Crippen LogP contribution is 2.37. The van der Waals surface area contributed by atoms with Crippen molar-refractivity contribution < 1.29 is 24.2 Å². The molecule has 1 aliphatic heterocycles. The number of benzene rings is 3. The second-order valence-electron chi connectivity index (χ2n) is 7.97. The predicted molar refractivity (Wildman–Crippen MR) is 139 cm³/mol. The van der Waals surface area contributed by atoms with Gasteiger partial charge in [0.25, 0.3) is 5.91 Å². The quantitative estimate of drug-likeness (QED) is 0.275. The number of carbonyl (C=O) groups excluding carboxylic acids is 1. The van der Waals surface area contributed by atoms with E-state index in [0.29, 0.717) is 38.5 Å². The lowest BCUT2D eigenvalue weighted by molar-refractivity contribution is -0.113. The van der Waals surface area contributed by atoms with E-state index in [1.54, 1.807) is 42.5 Å². The number of furan rings is 1. The number of aromatic hydroxyl groups is 1. The van der Waals surface area contributed by atoms with Crippen molar-refractivity contribution in [3.05, 3.63) is 117 Å². The van der Waals surface area contributed by atoms with Gasteiger partial charge in [-0.1, -0.05) is 53.5 Å². The average molecular weight is 518 g/mol. The first kappa shape index (κ1) is 23.5. The molecule has 2 N–H and O–H groups in total. The third kappa shape index (κ3) is 4.40. The lowest BCUT2D eigenvalue weighted by atomic mass is 10.1. The largest absolute Gasteiger partial charge is 0.507 e. The Kier molecular flexibility index (Phi) is 6.14. The first-order valence-corrected chi connectivity index (χ1v) is 11.5. The summed E-state index contributed by atoms with van der Waals surface area (Å²) in [6, 6.07) is 21.9. The van der Waals surface area contributed by atoms with Crippen LogP contribution in [-0.4, -0.2) is 22.1 Å². The molecule has 0 atom stereocenters. The molecule has 0 unspecified atom stereocenters. The zero-order chi connectivity index (χ0) is 25.4. The highest BCUT2D eigenvalue weighted by atomic mass is 35.5. The zero-order valence-electron chi connectivity index (χ0n) is 18.5. The highest BCUT2D eigenvalue weighted by molar-refractivity contribution is 6.42. The third-order valence-corrected chi connectivity index (χ3v) is 6.39. The van der Waals surface area contributed by atoms with Crippen molar-refractivity contribution in [1.82, 2.24) is 0 Å². The van der Waals surface area contributed by atoms with Crippen LogP contribution in [0.3, 0.4) is 0 Å². The fourth-order valence-corrected chi connectivity index (χ4v) is 4.21. The molecular formula is C28H17Cl2NO5. The van der Waals surface area contributed by atoms with Crippen LogP contribution in [0.4, 0.5) is 5.69 Å². The van der Waals surface area contributed by atoms with Gasteiger partial charge in [0.2, 0.25) is 0 Å². The highest BCUT2D eigenvalue weighted by Gasteiger charge is 2.31. The summed E-state index contributed by atoms with van der Waals surface area (Å²) in [7, 11) is 0. The number of anilines is 1. The Morgan fingerprint density at radius 2 is 1.67 bits per heavy atom. The SMILES string of the molecule is O=C(O)c1cc(N2C(=O)C(=Cc3ccc(-c4ccc(Cl)c(Cl)c4)o3)C=C2c2ccccc2)ccc1O. The van der Waals surface area contributed by atoms with Gasteiger partial charge >= 0.3 is 5.97 Å². The summed E-state index contributed by atoms with van der Waals surface area (Å²) in [5.41, 5.74) is 2.40. The second kappa shape index (κ2) is 9.41. The van der Waals surface area contributed by atoms with Gasteiger partial charge < -0.3 is 14.6 Å². The van der Waals surface area contributed by atoms with Gasteiger partial charge in [0.05, 0.1) is 21.4 Å². The summed E-state index contributed by atoms with van der Waals surface area (Å²) in [5.74, 6) is -1.05. The van der Waals surface area contributed by atoms with Gasteiger partial charge in [0, 0.05) is 11.1 Å². The second-order valence-corrected chi connectivity index (χ2v) is 8.79. The molecule has 1 aliphatic rings. The van der Waals surface area contributed by atoms with Crippen molar-refractivity contribution in [2.45, 2.75) is 0 Å². The van der Waals surface area contributed by atoms with Crippen LogP contribution in [0.5, 0.6) is 5.75 Å². The van der Waals surface area contributed by atoms with Crippen LogP contribution in [0.15, 0.2) is 94.9 Å². The van der Waals surface area contributed by atoms with E-state index in [4.69, 9.17) is 27.6 Å². The number of aromatic carboxylic acids is 1. The minimum Gasteiger partial charge on any atom is -0.507 e. The molecule has 3 aromatic carbocycles. The number of hydrogen-bond acceptors (Lipinski definition) is 4. The van der Waals surface area contributed by atoms with E-state index in [9.17, 15) is 19.8 Å². The van der Waals surface area contributed by atoms with Crippen molar-refractivity contribution >= 4 is 52.5 Å². The van der Waals surface area contributed by atoms with E-state index < -0.39 is 5.97 Å². The van der Waals surface area contributed by atoms with E-state index >= 15 is 0 Å². The average Bonchev–Trinajstić information content (AvgIpc) is 3.46. The number of halogens is 2. The van der Waals surface area contributed by atoms with Crippen LogP contribution in [0.1, 0.15) is 21.7 Å². The normalized spacial score (nSPS) is 14.4. The molecule has 5 rings (SSSR count). The standard InChI is InChI=1S/C28H17Cl2NO5/c29-22-9-6-17(13-23(22)30)26-11-8-20(36-26)12-18-14-24(16-4-2-1-3-5-16)31(27(18)33)19-7-10-25(32)21(15-19)28(34)35/h1-15,32H,(H,34,35). The summed E-state index contributed by atoms with van der Waals surface area (Å²) >= 11 is 12.1. The molecular weight excluding hydrogens is 501 g/mol. The molecule has 6 nitrogen and oxygen atoms in total. The van der Waals surface area contributed by atoms with E-state index in [-0.39, 0.29) is 17.2 Å². The number of rotatable bonds is 5. The number of carboxylic acid groups (broad SMARTS) is 1. The molecule has 0 saturated heterocycles. The van der Waals surface area contributed by atoms with Crippen molar-refractivity contribution in [2.24, 2.45) is 0 Å². The topological polar surface area (TPSA) is 91.0 Å². The maximum absolute atomic E-state index is 13.5. The van der Waals surface area contributed by atoms with E-state index in [2.05, 4.69) is 0 Å². The van der Waals surface area contributed by atoms with E-state index in [1.165, 1.54) is 23.1 Å². The molecule has 36 heavy (non-hydrogen) atoms. The molecule has 1 aromatic heterocycles. The fraction of sp³-hybridized carbons (Fsp3) is 0. The van der Waals surface area contributed by atoms with Crippen LogP contribution in [0, 0.1) is 0 Å². The van der Waals surface area contributed by atoms with Gasteiger partial charge in [-0.15, -0.1) is 0 Å². The number of carboxylic acids is 1. The number of carbonyl (C=O) groups is 2. The first-order valence-electron chi connectivity index (χ1n) is 10.8. The number of phenols is 1.